The zero-order valence-corrected chi connectivity index (χ0v) is 12.1. The van der Waals surface area contributed by atoms with Gasteiger partial charge >= 0.3 is 5.97 Å². The van der Waals surface area contributed by atoms with Crippen molar-refractivity contribution in [2.45, 2.75) is 50.2 Å². The zero-order valence-electron chi connectivity index (χ0n) is 11.3. The van der Waals surface area contributed by atoms with E-state index < -0.39 is 11.9 Å². The summed E-state index contributed by atoms with van der Waals surface area (Å²) in [4.78, 5) is 23.4. The molecule has 0 spiro atoms. The monoisotopic (exact) mass is 285 g/mol. The van der Waals surface area contributed by atoms with E-state index in [9.17, 15) is 14.7 Å². The number of hydrogen-bond acceptors (Lipinski definition) is 3. The maximum absolute atomic E-state index is 12.2. The highest BCUT2D eigenvalue weighted by Gasteiger charge is 2.35. The minimum Gasteiger partial charge on any atom is -0.481 e. The van der Waals surface area contributed by atoms with Gasteiger partial charge in [-0.1, -0.05) is 19.3 Å². The van der Waals surface area contributed by atoms with Gasteiger partial charge in [-0.3, -0.25) is 9.59 Å². The summed E-state index contributed by atoms with van der Waals surface area (Å²) in [5.41, 5.74) is 0. The minimum atomic E-state index is -0.813. The topological polar surface area (TPSA) is 66.4 Å². The lowest BCUT2D eigenvalue weighted by Crippen LogP contribution is -2.42. The van der Waals surface area contributed by atoms with Crippen LogP contribution in [-0.2, 0) is 9.59 Å². The molecule has 3 unspecified atom stereocenters. The Morgan fingerprint density at radius 1 is 1.05 bits per heavy atom. The van der Waals surface area contributed by atoms with Crippen LogP contribution in [-0.4, -0.2) is 34.5 Å². The number of carbonyl (C=O) groups is 2. The second-order valence-electron chi connectivity index (χ2n) is 5.57. The van der Waals surface area contributed by atoms with E-state index in [-0.39, 0.29) is 11.8 Å². The normalized spacial score (nSPS) is 31.7. The van der Waals surface area contributed by atoms with Gasteiger partial charge in [0.1, 0.15) is 0 Å². The van der Waals surface area contributed by atoms with Gasteiger partial charge in [0.05, 0.1) is 11.8 Å². The van der Waals surface area contributed by atoms with E-state index in [4.69, 9.17) is 0 Å². The van der Waals surface area contributed by atoms with E-state index in [1.165, 1.54) is 18.6 Å². The molecule has 2 N–H and O–H groups in total. The predicted octanol–water partition coefficient (Wildman–Crippen LogP) is 2.28. The van der Waals surface area contributed by atoms with Crippen LogP contribution in [0.1, 0.15) is 44.9 Å². The molecule has 1 aliphatic heterocycles. The van der Waals surface area contributed by atoms with Crippen LogP contribution in [0.15, 0.2) is 0 Å². The van der Waals surface area contributed by atoms with Gasteiger partial charge in [-0.15, -0.1) is 0 Å². The van der Waals surface area contributed by atoms with Gasteiger partial charge in [-0.25, -0.2) is 0 Å². The highest BCUT2D eigenvalue weighted by Crippen LogP contribution is 2.31. The number of amides is 1. The van der Waals surface area contributed by atoms with E-state index in [1.807, 2.05) is 11.8 Å². The molecule has 1 amide bonds. The molecule has 0 aromatic heterocycles. The summed E-state index contributed by atoms with van der Waals surface area (Å²) in [6.07, 6.45) is 6.96. The summed E-state index contributed by atoms with van der Waals surface area (Å²) in [5, 5.41) is 12.7. The van der Waals surface area contributed by atoms with Crippen molar-refractivity contribution in [1.29, 1.82) is 0 Å². The van der Waals surface area contributed by atoms with Crippen molar-refractivity contribution in [2.24, 2.45) is 11.8 Å². The Kier molecular flexibility index (Phi) is 5.55. The summed E-state index contributed by atoms with van der Waals surface area (Å²) < 4.78 is 0. The quantitative estimate of drug-likeness (QED) is 0.831. The van der Waals surface area contributed by atoms with Crippen molar-refractivity contribution in [1.82, 2.24) is 5.32 Å². The molecule has 1 heterocycles. The van der Waals surface area contributed by atoms with Crippen molar-refractivity contribution in [3.63, 3.8) is 0 Å². The highest BCUT2D eigenvalue weighted by molar-refractivity contribution is 7.99. The first-order chi connectivity index (χ1) is 9.18. The molecule has 1 saturated heterocycles. The fraction of sp³-hybridized carbons (Fsp3) is 0.857. The number of thioether (sulfide) groups is 1. The van der Waals surface area contributed by atoms with Crippen LogP contribution >= 0.6 is 11.8 Å². The van der Waals surface area contributed by atoms with E-state index in [2.05, 4.69) is 5.32 Å². The Balaban J connectivity index is 1.81. The molecule has 4 nitrogen and oxygen atoms in total. The molecule has 2 fully saturated rings. The van der Waals surface area contributed by atoms with Crippen molar-refractivity contribution in [2.75, 3.05) is 12.3 Å². The highest BCUT2D eigenvalue weighted by atomic mass is 32.2. The second-order valence-corrected chi connectivity index (χ2v) is 6.98. The third kappa shape index (κ3) is 4.13. The molecule has 108 valence electrons. The standard InChI is InChI=1S/C14H23NO3S/c16-13(15-9-10-5-3-4-8-19-10)11-6-1-2-7-12(11)14(17)18/h10-12H,1-9H2,(H,15,16)(H,17,18). The van der Waals surface area contributed by atoms with Gasteiger partial charge in [0.25, 0.3) is 0 Å². The van der Waals surface area contributed by atoms with Crippen molar-refractivity contribution in [3.05, 3.63) is 0 Å². The number of carboxylic acids is 1. The molecule has 2 rings (SSSR count). The van der Waals surface area contributed by atoms with Gasteiger partial charge in [-0.2, -0.15) is 11.8 Å². The van der Waals surface area contributed by atoms with E-state index in [0.717, 1.165) is 25.7 Å². The Bertz CT molecular complexity index is 329. The molecule has 0 bridgehead atoms. The molecular formula is C14H23NO3S. The average molecular weight is 285 g/mol. The van der Waals surface area contributed by atoms with Gasteiger partial charge in [-0.05, 0) is 31.4 Å². The van der Waals surface area contributed by atoms with Crippen LogP contribution < -0.4 is 5.32 Å². The molecule has 1 saturated carbocycles. The zero-order chi connectivity index (χ0) is 13.7. The first-order valence-corrected chi connectivity index (χ1v) is 8.35. The largest absolute Gasteiger partial charge is 0.481 e. The molecule has 0 aromatic carbocycles. The van der Waals surface area contributed by atoms with Gasteiger partial charge < -0.3 is 10.4 Å². The van der Waals surface area contributed by atoms with Gasteiger partial charge in [0.15, 0.2) is 0 Å². The van der Waals surface area contributed by atoms with Crippen LogP contribution in [0.5, 0.6) is 0 Å². The van der Waals surface area contributed by atoms with Crippen LogP contribution in [0, 0.1) is 11.8 Å². The third-order valence-electron chi connectivity index (χ3n) is 4.20. The van der Waals surface area contributed by atoms with Crippen LogP contribution in [0.2, 0.25) is 0 Å². The fourth-order valence-corrected chi connectivity index (χ4v) is 4.29. The van der Waals surface area contributed by atoms with E-state index in [0.29, 0.717) is 18.2 Å². The Morgan fingerprint density at radius 3 is 2.37 bits per heavy atom. The summed E-state index contributed by atoms with van der Waals surface area (Å²) in [7, 11) is 0. The molecule has 0 aromatic rings. The number of nitrogens with one attached hydrogen (secondary N) is 1. The van der Waals surface area contributed by atoms with Crippen molar-refractivity contribution < 1.29 is 14.7 Å². The van der Waals surface area contributed by atoms with Gasteiger partial charge in [0.2, 0.25) is 5.91 Å². The number of rotatable bonds is 4. The first kappa shape index (κ1) is 14.7. The fourth-order valence-electron chi connectivity index (χ4n) is 3.05. The third-order valence-corrected chi connectivity index (χ3v) is 5.60. The SMILES string of the molecule is O=C(O)C1CCCCC1C(=O)NCC1CCCCS1. The molecule has 5 heteroatoms. The maximum Gasteiger partial charge on any atom is 0.307 e. The Morgan fingerprint density at radius 2 is 1.74 bits per heavy atom. The lowest BCUT2D eigenvalue weighted by molar-refractivity contribution is -0.148. The summed E-state index contributed by atoms with van der Waals surface area (Å²) in [5.74, 6) is -0.473. The second kappa shape index (κ2) is 7.17. The number of hydrogen-bond donors (Lipinski definition) is 2. The molecule has 0 radical (unpaired) electrons. The van der Waals surface area contributed by atoms with Crippen molar-refractivity contribution >= 4 is 23.6 Å². The van der Waals surface area contributed by atoms with E-state index >= 15 is 0 Å². The maximum atomic E-state index is 12.2. The number of carboxylic acid groups (broad SMARTS) is 1. The average Bonchev–Trinajstić information content (AvgIpc) is 2.46. The summed E-state index contributed by atoms with van der Waals surface area (Å²) >= 11 is 1.93. The molecule has 19 heavy (non-hydrogen) atoms. The summed E-state index contributed by atoms with van der Waals surface area (Å²) in [6.45, 7) is 0.701. The molecule has 3 atom stereocenters. The summed E-state index contributed by atoms with van der Waals surface area (Å²) in [6, 6.07) is 0. The minimum absolute atomic E-state index is 0.0433. The van der Waals surface area contributed by atoms with E-state index in [1.54, 1.807) is 0 Å². The predicted molar refractivity (Wildman–Crippen MR) is 76.2 cm³/mol. The van der Waals surface area contributed by atoms with Gasteiger partial charge in [0, 0.05) is 11.8 Å². The first-order valence-electron chi connectivity index (χ1n) is 7.30. The Hall–Kier alpha value is -0.710. The van der Waals surface area contributed by atoms with Crippen LogP contribution in [0.4, 0.5) is 0 Å². The van der Waals surface area contributed by atoms with Crippen LogP contribution in [0.3, 0.4) is 0 Å². The molecule has 1 aliphatic carbocycles. The number of aliphatic carboxylic acids is 1. The molecule has 2 aliphatic rings. The lowest BCUT2D eigenvalue weighted by atomic mass is 9.78. The lowest BCUT2D eigenvalue weighted by Gasteiger charge is -2.28. The molecular weight excluding hydrogens is 262 g/mol. The van der Waals surface area contributed by atoms with Crippen LogP contribution in [0.25, 0.3) is 0 Å². The number of carbonyl (C=O) groups excluding carboxylic acids is 1. The smallest absolute Gasteiger partial charge is 0.307 e. The van der Waals surface area contributed by atoms with Crippen molar-refractivity contribution in [3.8, 4) is 0 Å². The Labute approximate surface area is 118 Å².